The number of nitrogens with one attached hydrogen (secondary N) is 2. The van der Waals surface area contributed by atoms with Crippen LogP contribution in [0.15, 0.2) is 23.2 Å². The largest absolute Gasteiger partial charge is 0.491 e. The van der Waals surface area contributed by atoms with Crippen LogP contribution in [0.4, 0.5) is 0 Å². The minimum atomic E-state index is 0. The Labute approximate surface area is 188 Å². The number of hydrogen-bond donors (Lipinski definition) is 2. The number of nitrogens with zero attached hydrogens (tertiary/aromatic N) is 2. The van der Waals surface area contributed by atoms with Gasteiger partial charge in [0.2, 0.25) is 0 Å². The minimum absolute atomic E-state index is 0. The van der Waals surface area contributed by atoms with Crippen LogP contribution in [0.1, 0.15) is 37.8 Å². The van der Waals surface area contributed by atoms with Crippen molar-refractivity contribution in [2.24, 2.45) is 4.99 Å². The van der Waals surface area contributed by atoms with Crippen molar-refractivity contribution in [3.05, 3.63) is 29.3 Å². The van der Waals surface area contributed by atoms with E-state index in [1.807, 2.05) is 0 Å². The van der Waals surface area contributed by atoms with Crippen LogP contribution < -0.4 is 15.4 Å². The maximum Gasteiger partial charge on any atom is 0.191 e. The highest BCUT2D eigenvalue weighted by Gasteiger charge is 2.06. The SMILES string of the molecule is CCN(CC)CCCCNC(=NC)NCc1ccc(C)cc1OCCOC.I. The smallest absolute Gasteiger partial charge is 0.191 e. The maximum absolute atomic E-state index is 5.85. The molecule has 0 amide bonds. The van der Waals surface area contributed by atoms with Crippen molar-refractivity contribution < 1.29 is 9.47 Å². The number of hydrogen-bond acceptors (Lipinski definition) is 4. The second-order valence-corrected chi connectivity index (χ2v) is 6.54. The van der Waals surface area contributed by atoms with Crippen molar-refractivity contribution >= 4 is 29.9 Å². The number of unbranched alkanes of at least 4 members (excludes halogenated alkanes) is 1. The summed E-state index contributed by atoms with van der Waals surface area (Å²) in [5.74, 6) is 1.72. The zero-order valence-corrected chi connectivity index (χ0v) is 20.5. The van der Waals surface area contributed by atoms with Gasteiger partial charge in [0.05, 0.1) is 6.61 Å². The van der Waals surface area contributed by atoms with E-state index >= 15 is 0 Å². The van der Waals surface area contributed by atoms with Gasteiger partial charge in [0.25, 0.3) is 0 Å². The van der Waals surface area contributed by atoms with Crippen LogP contribution >= 0.6 is 24.0 Å². The summed E-state index contributed by atoms with van der Waals surface area (Å²) in [6.07, 6.45) is 2.33. The summed E-state index contributed by atoms with van der Waals surface area (Å²) < 4.78 is 10.9. The highest BCUT2D eigenvalue weighted by Crippen LogP contribution is 2.20. The number of guanidine groups is 1. The lowest BCUT2D eigenvalue weighted by Gasteiger charge is -2.18. The Bertz CT molecular complexity index is 551. The van der Waals surface area contributed by atoms with Crippen molar-refractivity contribution in [1.82, 2.24) is 15.5 Å². The molecule has 0 unspecified atom stereocenters. The number of ether oxygens (including phenoxy) is 2. The molecule has 162 valence electrons. The molecule has 7 heteroatoms. The summed E-state index contributed by atoms with van der Waals surface area (Å²) in [6, 6.07) is 6.27. The van der Waals surface area contributed by atoms with Gasteiger partial charge < -0.3 is 25.0 Å². The van der Waals surface area contributed by atoms with E-state index in [4.69, 9.17) is 9.47 Å². The first-order chi connectivity index (χ1) is 13.1. The van der Waals surface area contributed by atoms with Crippen LogP contribution in [0.2, 0.25) is 0 Å². The first-order valence-corrected chi connectivity index (χ1v) is 10.0. The fraction of sp³-hybridized carbons (Fsp3) is 0.667. The van der Waals surface area contributed by atoms with Gasteiger partial charge in [0, 0.05) is 32.8 Å². The number of aryl methyl sites for hydroxylation is 1. The summed E-state index contributed by atoms with van der Waals surface area (Å²) in [5, 5.41) is 6.77. The molecule has 0 saturated carbocycles. The molecule has 0 saturated heterocycles. The van der Waals surface area contributed by atoms with Gasteiger partial charge in [0.15, 0.2) is 5.96 Å². The second-order valence-electron chi connectivity index (χ2n) is 6.54. The van der Waals surface area contributed by atoms with Crippen LogP contribution in [0.3, 0.4) is 0 Å². The Balaban J connectivity index is 0.00000729. The summed E-state index contributed by atoms with van der Waals surface area (Å²) in [7, 11) is 3.48. The third kappa shape index (κ3) is 11.1. The maximum atomic E-state index is 5.85. The van der Waals surface area contributed by atoms with Gasteiger partial charge in [-0.1, -0.05) is 26.0 Å². The normalized spacial score (nSPS) is 11.3. The van der Waals surface area contributed by atoms with Gasteiger partial charge in [-0.05, 0) is 51.0 Å². The molecule has 0 spiro atoms. The van der Waals surface area contributed by atoms with Crippen LogP contribution in [0.5, 0.6) is 5.75 Å². The molecule has 1 aromatic rings. The van der Waals surface area contributed by atoms with E-state index in [1.165, 1.54) is 12.0 Å². The highest BCUT2D eigenvalue weighted by atomic mass is 127. The number of methoxy groups -OCH3 is 1. The number of benzene rings is 1. The zero-order valence-electron chi connectivity index (χ0n) is 18.2. The van der Waals surface area contributed by atoms with E-state index in [0.29, 0.717) is 19.8 Å². The first-order valence-electron chi connectivity index (χ1n) is 10.0. The molecule has 0 bridgehead atoms. The topological polar surface area (TPSA) is 58.1 Å². The van der Waals surface area contributed by atoms with Crippen molar-refractivity contribution in [3.63, 3.8) is 0 Å². The zero-order chi connectivity index (χ0) is 19.9. The summed E-state index contributed by atoms with van der Waals surface area (Å²) >= 11 is 0. The van der Waals surface area contributed by atoms with Gasteiger partial charge in [-0.3, -0.25) is 4.99 Å². The Morgan fingerprint density at radius 2 is 1.86 bits per heavy atom. The predicted molar refractivity (Wildman–Crippen MR) is 129 cm³/mol. The van der Waals surface area contributed by atoms with Crippen molar-refractivity contribution in [2.75, 3.05) is 53.6 Å². The summed E-state index contributed by atoms with van der Waals surface area (Å²) in [5.41, 5.74) is 2.29. The molecule has 0 aliphatic carbocycles. The van der Waals surface area contributed by atoms with Crippen molar-refractivity contribution in [3.8, 4) is 5.75 Å². The molecule has 2 N–H and O–H groups in total. The molecule has 1 rings (SSSR count). The van der Waals surface area contributed by atoms with E-state index in [2.05, 4.69) is 59.5 Å². The van der Waals surface area contributed by atoms with Gasteiger partial charge in [-0.15, -0.1) is 24.0 Å². The van der Waals surface area contributed by atoms with Gasteiger partial charge in [-0.2, -0.15) is 0 Å². The molecule has 0 heterocycles. The molecule has 0 radical (unpaired) electrons. The second kappa shape index (κ2) is 16.9. The fourth-order valence-corrected chi connectivity index (χ4v) is 2.78. The molecule has 0 aromatic heterocycles. The van der Waals surface area contributed by atoms with Crippen LogP contribution in [0, 0.1) is 6.92 Å². The Morgan fingerprint density at radius 1 is 1.11 bits per heavy atom. The Morgan fingerprint density at radius 3 is 2.50 bits per heavy atom. The third-order valence-corrected chi connectivity index (χ3v) is 4.53. The number of halogens is 1. The average Bonchev–Trinajstić information content (AvgIpc) is 2.68. The molecule has 28 heavy (non-hydrogen) atoms. The predicted octanol–water partition coefficient (Wildman–Crippen LogP) is 3.43. The highest BCUT2D eigenvalue weighted by molar-refractivity contribution is 14.0. The molecule has 0 atom stereocenters. The van der Waals surface area contributed by atoms with E-state index in [0.717, 1.165) is 49.9 Å². The Kier molecular flexibility index (Phi) is 16.2. The van der Waals surface area contributed by atoms with E-state index < -0.39 is 0 Å². The first kappa shape index (κ1) is 26.9. The molecule has 0 fully saturated rings. The molecular formula is C21H39IN4O2. The van der Waals surface area contributed by atoms with Crippen LogP contribution in [-0.4, -0.2) is 64.4 Å². The quantitative estimate of drug-likeness (QED) is 0.186. The van der Waals surface area contributed by atoms with E-state index in [-0.39, 0.29) is 24.0 Å². The minimum Gasteiger partial charge on any atom is -0.491 e. The van der Waals surface area contributed by atoms with Crippen molar-refractivity contribution in [2.45, 2.75) is 40.2 Å². The van der Waals surface area contributed by atoms with E-state index in [1.54, 1.807) is 14.2 Å². The van der Waals surface area contributed by atoms with E-state index in [9.17, 15) is 0 Å². The van der Waals surface area contributed by atoms with Crippen molar-refractivity contribution in [1.29, 1.82) is 0 Å². The van der Waals surface area contributed by atoms with Gasteiger partial charge in [0.1, 0.15) is 12.4 Å². The average molecular weight is 506 g/mol. The summed E-state index contributed by atoms with van der Waals surface area (Å²) in [6.45, 7) is 12.6. The molecule has 1 aromatic carbocycles. The monoisotopic (exact) mass is 506 g/mol. The lowest BCUT2D eigenvalue weighted by molar-refractivity contribution is 0.145. The van der Waals surface area contributed by atoms with Crippen LogP contribution in [-0.2, 0) is 11.3 Å². The Hall–Kier alpha value is -1.06. The molecule has 6 nitrogen and oxygen atoms in total. The molecular weight excluding hydrogens is 467 g/mol. The van der Waals surface area contributed by atoms with Gasteiger partial charge >= 0.3 is 0 Å². The summed E-state index contributed by atoms with van der Waals surface area (Å²) in [4.78, 5) is 6.77. The molecule has 0 aliphatic rings. The standard InChI is InChI=1S/C21H38N4O2.HI/c1-6-25(7-2)13-9-8-12-23-21(22-4)24-17-19-11-10-18(3)16-20(19)27-15-14-26-5;/h10-11,16H,6-9,12-15,17H2,1-5H3,(H2,22,23,24);1H. The fourth-order valence-electron chi connectivity index (χ4n) is 2.78. The van der Waals surface area contributed by atoms with Crippen LogP contribution in [0.25, 0.3) is 0 Å². The number of aliphatic imine (C=N–C) groups is 1. The van der Waals surface area contributed by atoms with Gasteiger partial charge in [-0.25, -0.2) is 0 Å². The number of rotatable bonds is 13. The molecule has 0 aliphatic heterocycles. The third-order valence-electron chi connectivity index (χ3n) is 4.53. The lowest BCUT2D eigenvalue weighted by Crippen LogP contribution is -2.37. The lowest BCUT2D eigenvalue weighted by atomic mass is 10.1.